The first kappa shape index (κ1) is 16.6. The lowest BCUT2D eigenvalue weighted by molar-refractivity contribution is 0.129. The van der Waals surface area contributed by atoms with E-state index in [0.717, 1.165) is 18.4 Å². The predicted molar refractivity (Wildman–Crippen MR) is 80.2 cm³/mol. The Bertz CT molecular complexity index is 449. The van der Waals surface area contributed by atoms with E-state index < -0.39 is 0 Å². The van der Waals surface area contributed by atoms with Crippen LogP contribution >= 0.6 is 11.6 Å². The molecule has 1 aromatic carbocycles. The zero-order valence-corrected chi connectivity index (χ0v) is 12.9. The van der Waals surface area contributed by atoms with Gasteiger partial charge >= 0.3 is 6.09 Å². The van der Waals surface area contributed by atoms with Gasteiger partial charge in [0.2, 0.25) is 0 Å². The molecule has 0 aliphatic heterocycles. The van der Waals surface area contributed by atoms with E-state index in [1.807, 2.05) is 26.8 Å². The minimum absolute atomic E-state index is 0.00693. The van der Waals surface area contributed by atoms with Crippen LogP contribution in [0.3, 0.4) is 0 Å². The van der Waals surface area contributed by atoms with Gasteiger partial charge in [-0.25, -0.2) is 4.79 Å². The van der Waals surface area contributed by atoms with Crippen molar-refractivity contribution in [3.8, 4) is 5.75 Å². The smallest absolute Gasteiger partial charge is 0.407 e. The Kier molecular flexibility index (Phi) is 6.65. The van der Waals surface area contributed by atoms with Crippen molar-refractivity contribution >= 4 is 17.7 Å². The Morgan fingerprint density at radius 1 is 1.40 bits per heavy atom. The summed E-state index contributed by atoms with van der Waals surface area (Å²) in [4.78, 5) is 11.5. The highest BCUT2D eigenvalue weighted by molar-refractivity contribution is 6.31. The first-order valence-corrected chi connectivity index (χ1v) is 7.17. The molecule has 0 saturated carbocycles. The molecule has 1 amide bonds. The van der Waals surface area contributed by atoms with Gasteiger partial charge in [0.25, 0.3) is 0 Å². The Labute approximate surface area is 125 Å². The lowest BCUT2D eigenvalue weighted by Gasteiger charge is -2.15. The van der Waals surface area contributed by atoms with Gasteiger partial charge in [-0.3, -0.25) is 0 Å². The van der Waals surface area contributed by atoms with E-state index in [2.05, 4.69) is 5.32 Å². The normalized spacial score (nSPS) is 12.2. The SMILES string of the molecule is CC(C)COC(=O)N[C@@H](C)CCc1ccc(Cl)c(O)c1. The molecule has 0 spiro atoms. The van der Waals surface area contributed by atoms with Crippen LogP contribution < -0.4 is 5.32 Å². The lowest BCUT2D eigenvalue weighted by Crippen LogP contribution is -2.34. The molecule has 5 heteroatoms. The van der Waals surface area contributed by atoms with Gasteiger partial charge in [0.05, 0.1) is 11.6 Å². The average molecular weight is 300 g/mol. The van der Waals surface area contributed by atoms with Crippen molar-refractivity contribution in [2.75, 3.05) is 6.61 Å². The molecule has 2 N–H and O–H groups in total. The maximum Gasteiger partial charge on any atom is 0.407 e. The number of carbonyl (C=O) groups excluding carboxylic acids is 1. The largest absolute Gasteiger partial charge is 0.506 e. The Morgan fingerprint density at radius 2 is 2.10 bits per heavy atom. The molecule has 0 fully saturated rings. The zero-order chi connectivity index (χ0) is 15.1. The van der Waals surface area contributed by atoms with Crippen LogP contribution in [0.1, 0.15) is 32.8 Å². The fourth-order valence-electron chi connectivity index (χ4n) is 1.65. The molecule has 20 heavy (non-hydrogen) atoms. The van der Waals surface area contributed by atoms with Gasteiger partial charge < -0.3 is 15.2 Å². The number of rotatable bonds is 6. The number of phenolic OH excluding ortho intramolecular Hbond substituents is 1. The summed E-state index contributed by atoms with van der Waals surface area (Å²) in [6, 6.07) is 5.19. The van der Waals surface area contributed by atoms with Crippen molar-refractivity contribution in [3.05, 3.63) is 28.8 Å². The summed E-state index contributed by atoms with van der Waals surface area (Å²) in [5.74, 6) is 0.411. The quantitative estimate of drug-likeness (QED) is 0.841. The van der Waals surface area contributed by atoms with Crippen molar-refractivity contribution in [2.24, 2.45) is 5.92 Å². The Balaban J connectivity index is 2.33. The molecule has 0 heterocycles. The summed E-state index contributed by atoms with van der Waals surface area (Å²) in [6.45, 7) is 6.32. The van der Waals surface area contributed by atoms with E-state index >= 15 is 0 Å². The monoisotopic (exact) mass is 299 g/mol. The van der Waals surface area contributed by atoms with Gasteiger partial charge in [0.15, 0.2) is 0 Å². The van der Waals surface area contributed by atoms with Gasteiger partial charge in [-0.05, 0) is 43.4 Å². The Hall–Kier alpha value is -1.42. The number of aryl methyl sites for hydroxylation is 1. The molecular weight excluding hydrogens is 278 g/mol. The number of carbonyl (C=O) groups is 1. The molecule has 1 rings (SSSR count). The summed E-state index contributed by atoms with van der Waals surface area (Å²) in [7, 11) is 0. The number of alkyl carbamates (subject to hydrolysis) is 1. The minimum atomic E-state index is -0.384. The number of hydrogen-bond acceptors (Lipinski definition) is 3. The molecule has 4 nitrogen and oxygen atoms in total. The molecular formula is C15H22ClNO3. The number of phenols is 1. The van der Waals surface area contributed by atoms with Gasteiger partial charge in [0.1, 0.15) is 5.75 Å². The van der Waals surface area contributed by atoms with Gasteiger partial charge in [0, 0.05) is 6.04 Å². The lowest BCUT2D eigenvalue weighted by atomic mass is 10.1. The van der Waals surface area contributed by atoms with E-state index in [1.165, 1.54) is 0 Å². The van der Waals surface area contributed by atoms with E-state index in [0.29, 0.717) is 17.5 Å². The van der Waals surface area contributed by atoms with Gasteiger partial charge in [-0.15, -0.1) is 0 Å². The number of halogens is 1. The molecule has 0 aromatic heterocycles. The van der Waals surface area contributed by atoms with Crippen LogP contribution in [-0.2, 0) is 11.2 Å². The van der Waals surface area contributed by atoms with Gasteiger partial charge in [-0.1, -0.05) is 31.5 Å². The molecule has 0 bridgehead atoms. The third-order valence-electron chi connectivity index (χ3n) is 2.79. The fraction of sp³-hybridized carbons (Fsp3) is 0.533. The molecule has 0 unspecified atom stereocenters. The first-order valence-electron chi connectivity index (χ1n) is 6.79. The fourth-order valence-corrected chi connectivity index (χ4v) is 1.77. The standard InChI is InChI=1S/C15H22ClNO3/c1-10(2)9-20-15(19)17-11(3)4-5-12-6-7-13(16)14(18)8-12/h6-8,10-11,18H,4-5,9H2,1-3H3,(H,17,19)/t11-/m0/s1. The molecule has 112 valence electrons. The third kappa shape index (κ3) is 6.15. The Morgan fingerprint density at radius 3 is 2.70 bits per heavy atom. The van der Waals surface area contributed by atoms with E-state index in [4.69, 9.17) is 16.3 Å². The van der Waals surface area contributed by atoms with Crippen molar-refractivity contribution < 1.29 is 14.6 Å². The van der Waals surface area contributed by atoms with Crippen LogP contribution in [-0.4, -0.2) is 23.8 Å². The number of nitrogens with one attached hydrogen (secondary N) is 1. The summed E-state index contributed by atoms with van der Waals surface area (Å²) in [6.07, 6.45) is 1.12. The van der Waals surface area contributed by atoms with Crippen molar-refractivity contribution in [1.29, 1.82) is 0 Å². The zero-order valence-electron chi connectivity index (χ0n) is 12.1. The molecule has 0 aliphatic rings. The molecule has 1 atom stereocenters. The first-order chi connectivity index (χ1) is 9.38. The molecule has 0 radical (unpaired) electrons. The topological polar surface area (TPSA) is 58.6 Å². The highest BCUT2D eigenvalue weighted by Gasteiger charge is 2.09. The third-order valence-corrected chi connectivity index (χ3v) is 3.11. The second-order valence-corrected chi connectivity index (χ2v) is 5.77. The van der Waals surface area contributed by atoms with Crippen LogP contribution in [0.2, 0.25) is 5.02 Å². The predicted octanol–water partition coefficient (Wildman–Crippen LogP) is 3.75. The summed E-state index contributed by atoms with van der Waals surface area (Å²) >= 11 is 5.75. The van der Waals surface area contributed by atoms with E-state index in [9.17, 15) is 9.90 Å². The summed E-state index contributed by atoms with van der Waals surface area (Å²) in [5, 5.41) is 12.6. The van der Waals surface area contributed by atoms with Crippen LogP contribution in [0.25, 0.3) is 0 Å². The second-order valence-electron chi connectivity index (χ2n) is 5.36. The van der Waals surface area contributed by atoms with E-state index in [-0.39, 0.29) is 17.9 Å². The van der Waals surface area contributed by atoms with Crippen LogP contribution in [0.15, 0.2) is 18.2 Å². The second kappa shape index (κ2) is 8.00. The summed E-state index contributed by atoms with van der Waals surface area (Å²) in [5.41, 5.74) is 0.982. The van der Waals surface area contributed by atoms with Crippen molar-refractivity contribution in [1.82, 2.24) is 5.32 Å². The van der Waals surface area contributed by atoms with Crippen molar-refractivity contribution in [2.45, 2.75) is 39.7 Å². The number of ether oxygens (including phenoxy) is 1. The van der Waals surface area contributed by atoms with Crippen LogP contribution in [0.5, 0.6) is 5.75 Å². The number of amides is 1. The number of hydrogen-bond donors (Lipinski definition) is 2. The molecule has 1 aromatic rings. The average Bonchev–Trinajstić information content (AvgIpc) is 2.38. The maximum absolute atomic E-state index is 11.5. The van der Waals surface area contributed by atoms with Gasteiger partial charge in [-0.2, -0.15) is 0 Å². The van der Waals surface area contributed by atoms with Crippen LogP contribution in [0, 0.1) is 5.92 Å². The molecule has 0 saturated heterocycles. The number of aromatic hydroxyl groups is 1. The van der Waals surface area contributed by atoms with E-state index in [1.54, 1.807) is 12.1 Å². The highest BCUT2D eigenvalue weighted by atomic mass is 35.5. The maximum atomic E-state index is 11.5. The van der Waals surface area contributed by atoms with Crippen LogP contribution in [0.4, 0.5) is 4.79 Å². The molecule has 0 aliphatic carbocycles. The summed E-state index contributed by atoms with van der Waals surface area (Å²) < 4.78 is 5.05. The highest BCUT2D eigenvalue weighted by Crippen LogP contribution is 2.24. The number of benzene rings is 1. The van der Waals surface area contributed by atoms with Crippen molar-refractivity contribution in [3.63, 3.8) is 0 Å². The minimum Gasteiger partial charge on any atom is -0.506 e.